The number of halogens is 3. The fourth-order valence-electron chi connectivity index (χ4n) is 3.92. The van der Waals surface area contributed by atoms with E-state index in [9.17, 15) is 13.2 Å². The Kier molecular flexibility index (Phi) is 4.73. The second-order valence-corrected chi connectivity index (χ2v) is 7.65. The molecule has 29 heavy (non-hydrogen) atoms. The fraction of sp³-hybridized carbons (Fsp3) is 0.364. The van der Waals surface area contributed by atoms with E-state index < -0.39 is 11.7 Å². The van der Waals surface area contributed by atoms with E-state index in [2.05, 4.69) is 4.98 Å². The van der Waals surface area contributed by atoms with Gasteiger partial charge in [0.1, 0.15) is 0 Å². The molecule has 3 heterocycles. The van der Waals surface area contributed by atoms with Crippen LogP contribution in [0.25, 0.3) is 16.9 Å². The van der Waals surface area contributed by atoms with Crippen molar-refractivity contribution in [3.8, 4) is 16.9 Å². The lowest BCUT2D eigenvalue weighted by Gasteiger charge is -2.21. The van der Waals surface area contributed by atoms with Crippen LogP contribution in [0.2, 0.25) is 0 Å². The number of benzene rings is 1. The van der Waals surface area contributed by atoms with Crippen molar-refractivity contribution >= 4 is 0 Å². The predicted molar refractivity (Wildman–Crippen MR) is 104 cm³/mol. The molecule has 4 rings (SSSR count). The lowest BCUT2D eigenvalue weighted by molar-refractivity contribution is -0.138. The molecule has 0 amide bonds. The van der Waals surface area contributed by atoms with E-state index in [-0.39, 0.29) is 11.7 Å². The van der Waals surface area contributed by atoms with Gasteiger partial charge in [0, 0.05) is 28.9 Å². The predicted octanol–water partition coefficient (Wildman–Crippen LogP) is 5.34. The van der Waals surface area contributed by atoms with Crippen molar-refractivity contribution in [3.05, 3.63) is 64.1 Å². The molecule has 4 nitrogen and oxygen atoms in total. The summed E-state index contributed by atoms with van der Waals surface area (Å²) >= 11 is 0. The van der Waals surface area contributed by atoms with Gasteiger partial charge in [-0.3, -0.25) is 4.98 Å². The average molecular weight is 401 g/mol. The van der Waals surface area contributed by atoms with Gasteiger partial charge >= 0.3 is 6.18 Å². The molecule has 1 atom stereocenters. The second kappa shape index (κ2) is 6.99. The highest BCUT2D eigenvalue weighted by atomic mass is 19.4. The third-order valence-corrected chi connectivity index (χ3v) is 5.20. The third kappa shape index (κ3) is 3.67. The molecule has 0 bridgehead atoms. The Morgan fingerprint density at radius 2 is 1.76 bits per heavy atom. The van der Waals surface area contributed by atoms with Crippen molar-refractivity contribution < 1.29 is 17.9 Å². The number of hydrogen-bond donors (Lipinski definition) is 0. The van der Waals surface area contributed by atoms with Crippen molar-refractivity contribution in [2.75, 3.05) is 0 Å². The summed E-state index contributed by atoms with van der Waals surface area (Å²) in [6.45, 7) is 7.74. The minimum atomic E-state index is -4.37. The topological polar surface area (TPSA) is 39.9 Å². The molecule has 0 radical (unpaired) electrons. The standard InChI is InChI=1S/C22H22F3N3O/c1-12-7-17(5-6-19(12)22(23,24)25)28-20-10-15(4)29-11-18(20)21(27-28)16-8-13(2)26-14(3)9-16/h5-9,15H,10-11H2,1-4H3/t15-/m0/s1. The van der Waals surface area contributed by atoms with E-state index in [0.717, 1.165) is 40.0 Å². The van der Waals surface area contributed by atoms with E-state index in [0.29, 0.717) is 18.7 Å². The van der Waals surface area contributed by atoms with Crippen LogP contribution in [0.4, 0.5) is 13.2 Å². The Labute approximate surface area is 167 Å². The van der Waals surface area contributed by atoms with E-state index in [1.54, 1.807) is 10.7 Å². The van der Waals surface area contributed by atoms with Gasteiger partial charge in [0.05, 0.1) is 35.3 Å². The summed E-state index contributed by atoms with van der Waals surface area (Å²) in [7, 11) is 0. The highest BCUT2D eigenvalue weighted by molar-refractivity contribution is 5.66. The van der Waals surface area contributed by atoms with E-state index >= 15 is 0 Å². The molecule has 7 heteroatoms. The van der Waals surface area contributed by atoms with Gasteiger partial charge in [0.2, 0.25) is 0 Å². The molecule has 2 aromatic heterocycles. The Balaban J connectivity index is 1.89. The van der Waals surface area contributed by atoms with Crippen LogP contribution < -0.4 is 0 Å². The maximum atomic E-state index is 13.2. The molecule has 3 aromatic rings. The molecule has 1 aliphatic rings. The van der Waals surface area contributed by atoms with Crippen LogP contribution in [-0.2, 0) is 23.9 Å². The Morgan fingerprint density at radius 3 is 2.38 bits per heavy atom. The lowest BCUT2D eigenvalue weighted by atomic mass is 10.0. The van der Waals surface area contributed by atoms with Gasteiger partial charge in [-0.25, -0.2) is 4.68 Å². The third-order valence-electron chi connectivity index (χ3n) is 5.20. The molecular weight excluding hydrogens is 379 g/mol. The van der Waals surface area contributed by atoms with Gasteiger partial charge in [-0.2, -0.15) is 18.3 Å². The molecule has 1 aromatic carbocycles. The number of rotatable bonds is 2. The second-order valence-electron chi connectivity index (χ2n) is 7.65. The number of aromatic nitrogens is 3. The zero-order chi connectivity index (χ0) is 20.9. The van der Waals surface area contributed by atoms with Crippen LogP contribution >= 0.6 is 0 Å². The summed E-state index contributed by atoms with van der Waals surface area (Å²) < 4.78 is 47.1. The van der Waals surface area contributed by atoms with Crippen molar-refractivity contribution in [1.82, 2.24) is 14.8 Å². The van der Waals surface area contributed by atoms with Gasteiger partial charge in [-0.1, -0.05) is 0 Å². The number of hydrogen-bond acceptors (Lipinski definition) is 3. The van der Waals surface area contributed by atoms with E-state index in [1.807, 2.05) is 32.9 Å². The Morgan fingerprint density at radius 1 is 1.07 bits per heavy atom. The van der Waals surface area contributed by atoms with Gasteiger partial charge in [0.15, 0.2) is 0 Å². The summed E-state index contributed by atoms with van der Waals surface area (Å²) in [5.41, 5.74) is 5.63. The highest BCUT2D eigenvalue weighted by Crippen LogP contribution is 2.35. The SMILES string of the molecule is Cc1cc(-c2nn(-c3ccc(C(F)(F)F)c(C)c3)c3c2CO[C@@H](C)C3)cc(C)n1. The molecule has 0 fully saturated rings. The van der Waals surface area contributed by atoms with Crippen molar-refractivity contribution in [3.63, 3.8) is 0 Å². The van der Waals surface area contributed by atoms with Gasteiger partial charge in [0.25, 0.3) is 0 Å². The van der Waals surface area contributed by atoms with Crippen molar-refractivity contribution in [2.45, 2.75) is 53.0 Å². The minimum absolute atomic E-state index is 0.0160. The van der Waals surface area contributed by atoms with Crippen LogP contribution in [0.5, 0.6) is 0 Å². The first kappa shape index (κ1) is 19.6. The van der Waals surface area contributed by atoms with Crippen LogP contribution in [-0.4, -0.2) is 20.9 Å². The molecule has 0 unspecified atom stereocenters. The largest absolute Gasteiger partial charge is 0.416 e. The normalized spacial score (nSPS) is 16.7. The number of alkyl halides is 3. The lowest BCUT2D eigenvalue weighted by Crippen LogP contribution is -2.21. The maximum absolute atomic E-state index is 13.2. The van der Waals surface area contributed by atoms with Gasteiger partial charge in [-0.15, -0.1) is 0 Å². The highest BCUT2D eigenvalue weighted by Gasteiger charge is 2.33. The summed E-state index contributed by atoms with van der Waals surface area (Å²) in [6.07, 6.45) is -3.71. The molecule has 0 spiro atoms. The maximum Gasteiger partial charge on any atom is 0.416 e. The molecule has 1 aliphatic heterocycles. The quantitative estimate of drug-likeness (QED) is 0.582. The van der Waals surface area contributed by atoms with Gasteiger partial charge < -0.3 is 4.74 Å². The number of ether oxygens (including phenoxy) is 1. The monoisotopic (exact) mass is 401 g/mol. The molecule has 0 saturated carbocycles. The first-order chi connectivity index (χ1) is 13.6. The number of fused-ring (bicyclic) bond motifs is 1. The first-order valence-electron chi connectivity index (χ1n) is 9.49. The van der Waals surface area contributed by atoms with Crippen LogP contribution in [0.1, 0.15) is 40.7 Å². The number of pyridine rings is 1. The van der Waals surface area contributed by atoms with Crippen molar-refractivity contribution in [1.29, 1.82) is 0 Å². The zero-order valence-electron chi connectivity index (χ0n) is 16.8. The summed E-state index contributed by atoms with van der Waals surface area (Å²) in [4.78, 5) is 4.42. The Hall–Kier alpha value is -2.67. The number of aryl methyl sites for hydroxylation is 3. The Bertz CT molecular complexity index is 1070. The smallest absolute Gasteiger partial charge is 0.373 e. The molecule has 0 N–H and O–H groups in total. The summed E-state index contributed by atoms with van der Waals surface area (Å²) in [5, 5.41) is 4.81. The average Bonchev–Trinajstić information content (AvgIpc) is 2.98. The molecule has 0 aliphatic carbocycles. The molecular formula is C22H22F3N3O. The summed E-state index contributed by atoms with van der Waals surface area (Å²) in [6, 6.07) is 8.09. The zero-order valence-corrected chi connectivity index (χ0v) is 16.8. The van der Waals surface area contributed by atoms with Crippen LogP contribution in [0.15, 0.2) is 30.3 Å². The van der Waals surface area contributed by atoms with Crippen molar-refractivity contribution in [2.24, 2.45) is 0 Å². The van der Waals surface area contributed by atoms with Gasteiger partial charge in [-0.05, 0) is 63.6 Å². The minimum Gasteiger partial charge on any atom is -0.373 e. The summed E-state index contributed by atoms with van der Waals surface area (Å²) in [5.74, 6) is 0. The van der Waals surface area contributed by atoms with Crippen LogP contribution in [0.3, 0.4) is 0 Å². The molecule has 0 saturated heterocycles. The number of nitrogens with zero attached hydrogens (tertiary/aromatic N) is 3. The van der Waals surface area contributed by atoms with E-state index in [4.69, 9.17) is 9.84 Å². The van der Waals surface area contributed by atoms with E-state index in [1.165, 1.54) is 13.0 Å². The fourth-order valence-corrected chi connectivity index (χ4v) is 3.92. The first-order valence-corrected chi connectivity index (χ1v) is 9.49. The molecule has 152 valence electrons. The van der Waals surface area contributed by atoms with Crippen LogP contribution in [0, 0.1) is 20.8 Å².